The van der Waals surface area contributed by atoms with Crippen LogP contribution < -0.4 is 0 Å². The highest BCUT2D eigenvalue weighted by Crippen LogP contribution is 2.20. The fraction of sp³-hybridized carbons (Fsp3) is 0.455. The van der Waals surface area contributed by atoms with E-state index in [9.17, 15) is 0 Å². The van der Waals surface area contributed by atoms with Crippen LogP contribution in [0.3, 0.4) is 0 Å². The van der Waals surface area contributed by atoms with Crippen LogP contribution in [0.25, 0.3) is 5.78 Å². The van der Waals surface area contributed by atoms with Crippen molar-refractivity contribution in [1.29, 1.82) is 5.26 Å². The Balaban J connectivity index is 2.56. The second-order valence-electron chi connectivity index (χ2n) is 4.21. The number of fused-ring (bicyclic) bond motifs is 1. The van der Waals surface area contributed by atoms with Gasteiger partial charge in [-0.3, -0.25) is 0 Å². The van der Waals surface area contributed by atoms with Crippen LogP contribution in [0, 0.1) is 11.3 Å². The third-order valence-corrected chi connectivity index (χ3v) is 2.56. The first kappa shape index (κ1) is 10.6. The maximum atomic E-state index is 9.05. The molecule has 0 aromatic carbocycles. The molecule has 16 heavy (non-hydrogen) atoms. The third-order valence-electron chi connectivity index (χ3n) is 2.56. The van der Waals surface area contributed by atoms with E-state index in [-0.39, 0.29) is 0 Å². The molecular weight excluding hydrogens is 202 g/mol. The molecule has 2 aromatic rings. The molecule has 0 N–H and O–H groups in total. The number of nitriles is 1. The minimum Gasteiger partial charge on any atom is -0.219 e. The summed E-state index contributed by atoms with van der Waals surface area (Å²) < 4.78 is 1.63. The molecule has 0 fully saturated rings. The summed E-state index contributed by atoms with van der Waals surface area (Å²) in [7, 11) is 0. The first-order chi connectivity index (χ1) is 7.56. The largest absolute Gasteiger partial charge is 0.252 e. The van der Waals surface area contributed by atoms with Gasteiger partial charge in [0.05, 0.1) is 11.5 Å². The van der Waals surface area contributed by atoms with Crippen LogP contribution >= 0.6 is 0 Å². The van der Waals surface area contributed by atoms with E-state index in [4.69, 9.17) is 5.26 Å². The van der Waals surface area contributed by atoms with Crippen molar-refractivity contribution >= 4 is 5.78 Å². The van der Waals surface area contributed by atoms with E-state index >= 15 is 0 Å². The number of aromatic nitrogens is 4. The smallest absolute Gasteiger partial charge is 0.219 e. The standard InChI is InChI=1S/C11H13N5/c1-4-9-14-10-13-5-8(6-16(10)15-9)11(2,3)7-12/h5-6H,4H2,1-3H3. The molecule has 0 saturated heterocycles. The predicted molar refractivity (Wildman–Crippen MR) is 58.8 cm³/mol. The molecule has 5 heteroatoms. The average Bonchev–Trinajstić information content (AvgIpc) is 2.70. The minimum absolute atomic E-state index is 0.556. The Bertz CT molecular complexity index is 561. The fourth-order valence-corrected chi connectivity index (χ4v) is 1.36. The van der Waals surface area contributed by atoms with E-state index in [0.29, 0.717) is 5.78 Å². The molecule has 0 radical (unpaired) electrons. The van der Waals surface area contributed by atoms with Gasteiger partial charge in [-0.05, 0) is 13.8 Å². The lowest BCUT2D eigenvalue weighted by Crippen LogP contribution is -2.15. The molecule has 5 nitrogen and oxygen atoms in total. The van der Waals surface area contributed by atoms with E-state index < -0.39 is 5.41 Å². The summed E-state index contributed by atoms with van der Waals surface area (Å²) in [6.45, 7) is 5.70. The first-order valence-electron chi connectivity index (χ1n) is 5.20. The second kappa shape index (κ2) is 3.56. The Morgan fingerprint density at radius 3 is 2.88 bits per heavy atom. The van der Waals surface area contributed by atoms with Crippen molar-refractivity contribution in [2.45, 2.75) is 32.6 Å². The molecule has 0 bridgehead atoms. The minimum atomic E-state index is -0.556. The Hall–Kier alpha value is -1.96. The van der Waals surface area contributed by atoms with Crippen LogP contribution in [0.1, 0.15) is 32.2 Å². The van der Waals surface area contributed by atoms with Gasteiger partial charge in [-0.15, -0.1) is 5.10 Å². The van der Waals surface area contributed by atoms with Gasteiger partial charge < -0.3 is 0 Å². The number of aryl methyl sites for hydroxylation is 1. The molecule has 0 unspecified atom stereocenters. The predicted octanol–water partition coefficient (Wildman–Crippen LogP) is 1.49. The van der Waals surface area contributed by atoms with Gasteiger partial charge in [-0.1, -0.05) is 6.92 Å². The topological polar surface area (TPSA) is 66.9 Å². The van der Waals surface area contributed by atoms with Gasteiger partial charge in [-0.2, -0.15) is 10.2 Å². The highest BCUT2D eigenvalue weighted by Gasteiger charge is 2.21. The molecule has 0 atom stereocenters. The highest BCUT2D eigenvalue weighted by atomic mass is 15.3. The molecule has 0 aliphatic carbocycles. The number of rotatable bonds is 2. The van der Waals surface area contributed by atoms with Gasteiger partial charge in [0.2, 0.25) is 0 Å². The summed E-state index contributed by atoms with van der Waals surface area (Å²) in [5.41, 5.74) is 0.287. The number of hydrogen-bond donors (Lipinski definition) is 0. The van der Waals surface area contributed by atoms with Gasteiger partial charge in [0.1, 0.15) is 0 Å². The van der Waals surface area contributed by atoms with Crippen molar-refractivity contribution in [3.8, 4) is 6.07 Å². The Labute approximate surface area is 93.8 Å². The summed E-state index contributed by atoms with van der Waals surface area (Å²) in [5.74, 6) is 1.34. The van der Waals surface area contributed by atoms with Crippen LogP contribution in [0.2, 0.25) is 0 Å². The molecule has 2 rings (SSSR count). The van der Waals surface area contributed by atoms with Crippen LogP contribution in [0.5, 0.6) is 0 Å². The Kier molecular flexibility index (Phi) is 2.35. The summed E-state index contributed by atoms with van der Waals surface area (Å²) in [5, 5.41) is 13.3. The molecule has 0 amide bonds. The van der Waals surface area contributed by atoms with Crippen molar-refractivity contribution in [3.05, 3.63) is 23.8 Å². The number of nitrogens with zero attached hydrogens (tertiary/aromatic N) is 5. The monoisotopic (exact) mass is 215 g/mol. The Morgan fingerprint density at radius 1 is 1.50 bits per heavy atom. The maximum absolute atomic E-state index is 9.05. The van der Waals surface area contributed by atoms with Crippen molar-refractivity contribution < 1.29 is 0 Å². The van der Waals surface area contributed by atoms with Gasteiger partial charge in [0.25, 0.3) is 5.78 Å². The van der Waals surface area contributed by atoms with Crippen molar-refractivity contribution in [1.82, 2.24) is 19.6 Å². The summed E-state index contributed by atoms with van der Waals surface area (Å²) in [6, 6.07) is 2.24. The molecule has 82 valence electrons. The zero-order valence-electron chi connectivity index (χ0n) is 9.60. The highest BCUT2D eigenvalue weighted by molar-refractivity contribution is 5.33. The summed E-state index contributed by atoms with van der Waals surface area (Å²) >= 11 is 0. The lowest BCUT2D eigenvalue weighted by Gasteiger charge is -2.14. The van der Waals surface area contributed by atoms with Gasteiger partial charge in [0, 0.05) is 24.4 Å². The zero-order valence-corrected chi connectivity index (χ0v) is 9.60. The normalized spacial score (nSPS) is 11.6. The Morgan fingerprint density at radius 2 is 2.25 bits per heavy atom. The zero-order chi connectivity index (χ0) is 11.8. The van der Waals surface area contributed by atoms with Crippen molar-refractivity contribution in [2.24, 2.45) is 0 Å². The molecule has 2 aromatic heterocycles. The second-order valence-corrected chi connectivity index (χ2v) is 4.21. The van der Waals surface area contributed by atoms with E-state index in [0.717, 1.165) is 17.8 Å². The molecule has 0 aliphatic heterocycles. The molecule has 0 saturated carbocycles. The van der Waals surface area contributed by atoms with E-state index in [1.807, 2.05) is 27.0 Å². The van der Waals surface area contributed by atoms with Crippen LogP contribution in [0.15, 0.2) is 12.4 Å². The quantitative estimate of drug-likeness (QED) is 0.761. The third kappa shape index (κ3) is 1.63. The molecule has 2 heterocycles. The van der Waals surface area contributed by atoms with Gasteiger partial charge in [-0.25, -0.2) is 9.50 Å². The molecule has 0 aliphatic rings. The van der Waals surface area contributed by atoms with Crippen molar-refractivity contribution in [2.75, 3.05) is 0 Å². The van der Waals surface area contributed by atoms with Gasteiger partial charge in [0.15, 0.2) is 5.82 Å². The lowest BCUT2D eigenvalue weighted by molar-refractivity contribution is 0.671. The van der Waals surface area contributed by atoms with Crippen LogP contribution in [0.4, 0.5) is 0 Å². The van der Waals surface area contributed by atoms with Crippen LogP contribution in [-0.2, 0) is 11.8 Å². The van der Waals surface area contributed by atoms with Crippen LogP contribution in [-0.4, -0.2) is 19.6 Å². The average molecular weight is 215 g/mol. The fourth-order valence-electron chi connectivity index (χ4n) is 1.36. The SMILES string of the molecule is CCc1nc2ncc(C(C)(C)C#N)cn2n1. The lowest BCUT2D eigenvalue weighted by atomic mass is 9.89. The maximum Gasteiger partial charge on any atom is 0.252 e. The van der Waals surface area contributed by atoms with E-state index in [2.05, 4.69) is 21.1 Å². The van der Waals surface area contributed by atoms with E-state index in [1.165, 1.54) is 0 Å². The summed E-state index contributed by atoms with van der Waals surface area (Å²) in [4.78, 5) is 8.44. The first-order valence-corrected chi connectivity index (χ1v) is 5.20. The molecule has 0 spiro atoms. The van der Waals surface area contributed by atoms with E-state index in [1.54, 1.807) is 10.7 Å². The van der Waals surface area contributed by atoms with Crippen molar-refractivity contribution in [3.63, 3.8) is 0 Å². The van der Waals surface area contributed by atoms with Gasteiger partial charge >= 0.3 is 0 Å². The number of hydrogen-bond acceptors (Lipinski definition) is 4. The summed E-state index contributed by atoms with van der Waals surface area (Å²) in [6.07, 6.45) is 4.28. The molecular formula is C11H13N5.